The highest BCUT2D eigenvalue weighted by molar-refractivity contribution is 6.17. The maximum absolute atomic E-state index is 13.4. The molecule has 21 heavy (non-hydrogen) atoms. The monoisotopic (exact) mass is 313 g/mol. The molecule has 0 bridgehead atoms. The van der Waals surface area contributed by atoms with Gasteiger partial charge in [-0.25, -0.2) is 4.98 Å². The van der Waals surface area contributed by atoms with Crippen molar-refractivity contribution in [1.29, 1.82) is 5.26 Å². The van der Waals surface area contributed by atoms with Gasteiger partial charge < -0.3 is 4.57 Å². The van der Waals surface area contributed by atoms with E-state index in [9.17, 15) is 13.2 Å². The zero-order chi connectivity index (χ0) is 15.3. The van der Waals surface area contributed by atoms with Crippen LogP contribution in [0.2, 0.25) is 0 Å². The van der Waals surface area contributed by atoms with Crippen molar-refractivity contribution in [2.45, 2.75) is 31.0 Å². The van der Waals surface area contributed by atoms with Crippen LogP contribution in [-0.4, -0.2) is 21.6 Å². The van der Waals surface area contributed by atoms with Gasteiger partial charge in [-0.3, -0.25) is 0 Å². The molecule has 1 aliphatic rings. The number of aryl methyl sites for hydroxylation is 1. The second-order valence-corrected chi connectivity index (χ2v) is 5.53. The van der Waals surface area contributed by atoms with Crippen LogP contribution in [0.5, 0.6) is 0 Å². The molecule has 0 aliphatic heterocycles. The van der Waals surface area contributed by atoms with E-state index in [4.69, 9.17) is 16.9 Å². The van der Waals surface area contributed by atoms with E-state index in [-0.39, 0.29) is 25.1 Å². The van der Waals surface area contributed by atoms with Gasteiger partial charge >= 0.3 is 6.18 Å². The Morgan fingerprint density at radius 1 is 1.38 bits per heavy atom. The quantitative estimate of drug-likeness (QED) is 0.810. The summed E-state index contributed by atoms with van der Waals surface area (Å²) in [7, 11) is 0. The van der Waals surface area contributed by atoms with Crippen molar-refractivity contribution < 1.29 is 13.2 Å². The van der Waals surface area contributed by atoms with E-state index < -0.39 is 11.7 Å². The van der Waals surface area contributed by atoms with Crippen molar-refractivity contribution in [2.75, 3.05) is 5.88 Å². The highest BCUT2D eigenvalue weighted by Gasteiger charge is 2.65. The molecule has 7 heteroatoms. The largest absolute Gasteiger partial charge is 0.412 e. The number of alkyl halides is 4. The molecular formula is C14H11ClF3N3. The van der Waals surface area contributed by atoms with Gasteiger partial charge in [0.05, 0.1) is 22.7 Å². The van der Waals surface area contributed by atoms with Crippen molar-refractivity contribution in [3.63, 3.8) is 0 Å². The third-order valence-corrected chi connectivity index (χ3v) is 4.04. The van der Waals surface area contributed by atoms with Gasteiger partial charge in [0.15, 0.2) is 0 Å². The molecule has 1 fully saturated rings. The number of hydrogen-bond donors (Lipinski definition) is 0. The van der Waals surface area contributed by atoms with E-state index in [1.165, 1.54) is 10.6 Å². The van der Waals surface area contributed by atoms with Crippen LogP contribution in [0, 0.1) is 11.3 Å². The molecule has 0 N–H and O–H groups in total. The average Bonchev–Trinajstić information content (AvgIpc) is 3.16. The molecule has 1 aromatic carbocycles. The number of rotatable bonds is 3. The second-order valence-electron chi connectivity index (χ2n) is 5.15. The molecular weight excluding hydrogens is 303 g/mol. The first-order valence-corrected chi connectivity index (χ1v) is 7.01. The van der Waals surface area contributed by atoms with Crippen molar-refractivity contribution >= 4 is 22.6 Å². The number of fused-ring (bicyclic) bond motifs is 1. The lowest BCUT2D eigenvalue weighted by Gasteiger charge is -2.23. The maximum atomic E-state index is 13.4. The highest BCUT2D eigenvalue weighted by Crippen LogP contribution is 2.57. The van der Waals surface area contributed by atoms with E-state index in [2.05, 4.69) is 4.98 Å². The number of hydrogen-bond acceptors (Lipinski definition) is 2. The molecule has 0 amide bonds. The Bertz CT molecular complexity index is 738. The van der Waals surface area contributed by atoms with Crippen LogP contribution in [0.3, 0.4) is 0 Å². The van der Waals surface area contributed by atoms with Gasteiger partial charge in [0.1, 0.15) is 11.4 Å². The molecule has 1 aliphatic carbocycles. The molecule has 0 spiro atoms. The Hall–Kier alpha value is -1.74. The Kier molecular flexibility index (Phi) is 3.14. The number of imidazole rings is 1. The SMILES string of the molecule is N#Cc1ccc2nc(CCCl)n(C3(C(F)(F)F)CC3)c2c1. The molecule has 3 rings (SSSR count). The number of aromatic nitrogens is 2. The third-order valence-electron chi connectivity index (χ3n) is 3.85. The Labute approximate surface area is 123 Å². The van der Waals surface area contributed by atoms with Crippen molar-refractivity contribution in [3.8, 4) is 6.07 Å². The lowest BCUT2D eigenvalue weighted by Crippen LogP contribution is -2.36. The first kappa shape index (κ1) is 14.2. The molecule has 1 aromatic heterocycles. The van der Waals surface area contributed by atoms with Crippen LogP contribution in [0.4, 0.5) is 13.2 Å². The molecule has 0 atom stereocenters. The van der Waals surface area contributed by atoms with Crippen molar-refractivity contribution in [3.05, 3.63) is 29.6 Å². The summed E-state index contributed by atoms with van der Waals surface area (Å²) < 4.78 is 41.6. The van der Waals surface area contributed by atoms with E-state index in [1.807, 2.05) is 6.07 Å². The summed E-state index contributed by atoms with van der Waals surface area (Å²) in [6.45, 7) is 0. The van der Waals surface area contributed by atoms with Gasteiger partial charge in [-0.15, -0.1) is 11.6 Å². The summed E-state index contributed by atoms with van der Waals surface area (Å²) in [4.78, 5) is 4.27. The first-order valence-electron chi connectivity index (χ1n) is 6.47. The minimum atomic E-state index is -4.34. The highest BCUT2D eigenvalue weighted by atomic mass is 35.5. The fraction of sp³-hybridized carbons (Fsp3) is 0.429. The van der Waals surface area contributed by atoms with Crippen molar-refractivity contribution in [2.24, 2.45) is 0 Å². The van der Waals surface area contributed by atoms with Crippen LogP contribution < -0.4 is 0 Å². The number of benzene rings is 1. The summed E-state index contributed by atoms with van der Waals surface area (Å²) >= 11 is 5.69. The number of nitrogens with zero attached hydrogens (tertiary/aromatic N) is 3. The molecule has 0 saturated heterocycles. The fourth-order valence-corrected chi connectivity index (χ4v) is 2.85. The smallest absolute Gasteiger partial charge is 0.312 e. The molecule has 0 radical (unpaired) electrons. The number of nitriles is 1. The van der Waals surface area contributed by atoms with Gasteiger partial charge in [-0.05, 0) is 31.0 Å². The van der Waals surface area contributed by atoms with Gasteiger partial charge in [-0.2, -0.15) is 18.4 Å². The fourth-order valence-electron chi connectivity index (χ4n) is 2.68. The van der Waals surface area contributed by atoms with Crippen molar-refractivity contribution in [1.82, 2.24) is 9.55 Å². The molecule has 2 aromatic rings. The summed E-state index contributed by atoms with van der Waals surface area (Å²) in [5.41, 5.74) is -0.760. The van der Waals surface area contributed by atoms with Gasteiger partial charge in [0.2, 0.25) is 0 Å². The van der Waals surface area contributed by atoms with Crippen LogP contribution in [0.15, 0.2) is 18.2 Å². The molecule has 1 saturated carbocycles. The molecule has 110 valence electrons. The Balaban J connectivity index is 2.28. The molecule has 0 unspecified atom stereocenters. The Morgan fingerprint density at radius 2 is 2.10 bits per heavy atom. The molecule has 3 nitrogen and oxygen atoms in total. The predicted octanol–water partition coefficient (Wildman–Crippen LogP) is 3.74. The molecule has 1 heterocycles. The van der Waals surface area contributed by atoms with E-state index in [1.54, 1.807) is 12.1 Å². The lowest BCUT2D eigenvalue weighted by atomic mass is 10.2. The minimum absolute atomic E-state index is 0.0357. The van der Waals surface area contributed by atoms with Crippen LogP contribution in [0.1, 0.15) is 24.2 Å². The topological polar surface area (TPSA) is 41.6 Å². The van der Waals surface area contributed by atoms with E-state index >= 15 is 0 Å². The first-order chi connectivity index (χ1) is 9.93. The summed E-state index contributed by atoms with van der Waals surface area (Å²) in [6, 6.07) is 6.54. The van der Waals surface area contributed by atoms with E-state index in [0.717, 1.165) is 0 Å². The summed E-state index contributed by atoms with van der Waals surface area (Å²) in [5.74, 6) is 0.521. The summed E-state index contributed by atoms with van der Waals surface area (Å²) in [5, 5.41) is 8.95. The van der Waals surface area contributed by atoms with Gasteiger partial charge in [0.25, 0.3) is 0 Å². The zero-order valence-corrected chi connectivity index (χ0v) is 11.7. The zero-order valence-electron chi connectivity index (χ0n) is 10.9. The van der Waals surface area contributed by atoms with Gasteiger partial charge in [0, 0.05) is 12.3 Å². The minimum Gasteiger partial charge on any atom is -0.312 e. The van der Waals surface area contributed by atoms with E-state index in [0.29, 0.717) is 22.4 Å². The lowest BCUT2D eigenvalue weighted by molar-refractivity contribution is -0.179. The third kappa shape index (κ3) is 2.07. The van der Waals surface area contributed by atoms with Crippen LogP contribution in [0.25, 0.3) is 11.0 Å². The Morgan fingerprint density at radius 3 is 2.62 bits per heavy atom. The second kappa shape index (κ2) is 4.63. The summed E-state index contributed by atoms with van der Waals surface area (Å²) in [6.07, 6.45) is -4.01. The predicted molar refractivity (Wildman–Crippen MR) is 72.1 cm³/mol. The van der Waals surface area contributed by atoms with Crippen LogP contribution in [-0.2, 0) is 12.0 Å². The maximum Gasteiger partial charge on any atom is 0.412 e. The van der Waals surface area contributed by atoms with Gasteiger partial charge in [-0.1, -0.05) is 0 Å². The normalized spacial score (nSPS) is 16.9. The standard InChI is InChI=1S/C14H11ClF3N3/c15-6-3-12-20-10-2-1-9(8-19)7-11(10)21(12)13(4-5-13)14(16,17)18/h1-2,7H,3-6H2. The average molecular weight is 314 g/mol. The van der Waals surface area contributed by atoms with Crippen LogP contribution >= 0.6 is 11.6 Å². The number of halogens is 4.